The predicted molar refractivity (Wildman–Crippen MR) is 64.1 cm³/mol. The van der Waals surface area contributed by atoms with E-state index in [1.807, 2.05) is 18.2 Å². The van der Waals surface area contributed by atoms with Crippen LogP contribution in [0.1, 0.15) is 42.9 Å². The molecule has 0 bridgehead atoms. The van der Waals surface area contributed by atoms with Gasteiger partial charge in [0.15, 0.2) is 0 Å². The third kappa shape index (κ3) is 2.45. The first kappa shape index (κ1) is 11.6. The molecule has 1 aromatic carbocycles. The Morgan fingerprint density at radius 1 is 1.12 bits per heavy atom. The Bertz CT molecular complexity index is 335. The predicted octanol–water partition coefficient (Wildman–Crippen LogP) is 2.45. The topological polar surface area (TPSA) is 40.5 Å². The number of hydrogen-bond acceptors (Lipinski definition) is 2. The molecule has 0 aliphatic heterocycles. The van der Waals surface area contributed by atoms with Crippen LogP contribution in [0.4, 0.5) is 0 Å². The van der Waals surface area contributed by atoms with Crippen LogP contribution in [-0.2, 0) is 6.42 Å². The van der Waals surface area contributed by atoms with E-state index in [1.54, 1.807) is 0 Å². The van der Waals surface area contributed by atoms with Crippen molar-refractivity contribution in [1.29, 1.82) is 0 Å². The van der Waals surface area contributed by atoms with Gasteiger partial charge in [0.2, 0.25) is 0 Å². The van der Waals surface area contributed by atoms with Crippen LogP contribution in [0.25, 0.3) is 0 Å². The van der Waals surface area contributed by atoms with Gasteiger partial charge in [-0.1, -0.05) is 37.1 Å². The minimum absolute atomic E-state index is 0.273. The molecular weight excluding hydrogens is 200 g/mol. The van der Waals surface area contributed by atoms with Gasteiger partial charge < -0.3 is 10.2 Å². The smallest absolute Gasteiger partial charge is 0.0824 e. The van der Waals surface area contributed by atoms with Crippen molar-refractivity contribution in [2.45, 2.75) is 38.2 Å². The number of aliphatic hydroxyl groups is 2. The van der Waals surface area contributed by atoms with Crippen molar-refractivity contribution >= 4 is 0 Å². The van der Waals surface area contributed by atoms with E-state index in [2.05, 4.69) is 6.07 Å². The molecule has 2 unspecified atom stereocenters. The van der Waals surface area contributed by atoms with Crippen LogP contribution in [0, 0.1) is 5.92 Å². The van der Waals surface area contributed by atoms with Gasteiger partial charge in [-0.2, -0.15) is 0 Å². The van der Waals surface area contributed by atoms with E-state index in [4.69, 9.17) is 5.11 Å². The summed E-state index contributed by atoms with van der Waals surface area (Å²) in [6.45, 7) is 0.285. The van der Waals surface area contributed by atoms with Gasteiger partial charge in [-0.3, -0.25) is 0 Å². The zero-order valence-corrected chi connectivity index (χ0v) is 9.60. The van der Waals surface area contributed by atoms with E-state index < -0.39 is 0 Å². The van der Waals surface area contributed by atoms with Gasteiger partial charge in [0, 0.05) is 6.61 Å². The molecular formula is C14H20O2. The Labute approximate surface area is 96.9 Å². The first-order chi connectivity index (χ1) is 7.83. The summed E-state index contributed by atoms with van der Waals surface area (Å²) in [5.74, 6) is 0.385. The second-order valence-corrected chi connectivity index (χ2v) is 4.68. The zero-order chi connectivity index (χ0) is 11.4. The normalized spacial score (nSPS) is 23.4. The molecule has 0 fully saturated rings. The molecule has 16 heavy (non-hydrogen) atoms. The monoisotopic (exact) mass is 220 g/mol. The summed E-state index contributed by atoms with van der Waals surface area (Å²) >= 11 is 0. The second-order valence-electron chi connectivity index (χ2n) is 4.68. The van der Waals surface area contributed by atoms with Crippen LogP contribution in [0.2, 0.25) is 0 Å². The quantitative estimate of drug-likeness (QED) is 0.748. The summed E-state index contributed by atoms with van der Waals surface area (Å²) in [6.07, 6.45) is 4.86. The Morgan fingerprint density at radius 2 is 1.94 bits per heavy atom. The molecule has 0 aromatic heterocycles. The standard InChI is InChI=1S/C14H20O2/c15-9-5-1-2-7-12-10-11-6-3-4-8-13(11)14(12)16/h3-4,6,8,12,14-16H,1-2,5,7,9-10H2. The molecule has 2 rings (SSSR count). The van der Waals surface area contributed by atoms with Crippen molar-refractivity contribution < 1.29 is 10.2 Å². The fourth-order valence-electron chi connectivity index (χ4n) is 2.61. The lowest BCUT2D eigenvalue weighted by atomic mass is 9.96. The third-order valence-corrected chi connectivity index (χ3v) is 3.54. The molecule has 2 N–H and O–H groups in total. The molecule has 0 spiro atoms. The molecule has 1 aliphatic carbocycles. The van der Waals surface area contributed by atoms with Gasteiger partial charge in [0.1, 0.15) is 0 Å². The lowest BCUT2D eigenvalue weighted by Crippen LogP contribution is -2.07. The van der Waals surface area contributed by atoms with E-state index in [1.165, 1.54) is 5.56 Å². The number of aliphatic hydroxyl groups excluding tert-OH is 2. The van der Waals surface area contributed by atoms with Gasteiger partial charge in [-0.05, 0) is 36.3 Å². The van der Waals surface area contributed by atoms with Crippen LogP contribution in [0.5, 0.6) is 0 Å². The van der Waals surface area contributed by atoms with Crippen LogP contribution >= 0.6 is 0 Å². The average molecular weight is 220 g/mol. The molecule has 2 nitrogen and oxygen atoms in total. The second kappa shape index (κ2) is 5.46. The number of unbranched alkanes of at least 4 members (excludes halogenated alkanes) is 2. The zero-order valence-electron chi connectivity index (χ0n) is 9.60. The van der Waals surface area contributed by atoms with Crippen molar-refractivity contribution in [2.24, 2.45) is 5.92 Å². The highest BCUT2D eigenvalue weighted by atomic mass is 16.3. The van der Waals surface area contributed by atoms with Crippen LogP contribution in [-0.4, -0.2) is 16.8 Å². The van der Waals surface area contributed by atoms with E-state index >= 15 is 0 Å². The lowest BCUT2D eigenvalue weighted by molar-refractivity contribution is 0.116. The summed E-state index contributed by atoms with van der Waals surface area (Å²) in [7, 11) is 0. The van der Waals surface area contributed by atoms with Gasteiger partial charge in [-0.25, -0.2) is 0 Å². The summed E-state index contributed by atoms with van der Waals surface area (Å²) in [4.78, 5) is 0. The first-order valence-corrected chi connectivity index (χ1v) is 6.19. The van der Waals surface area contributed by atoms with E-state index in [9.17, 15) is 5.11 Å². The van der Waals surface area contributed by atoms with E-state index in [-0.39, 0.29) is 12.7 Å². The van der Waals surface area contributed by atoms with E-state index in [0.29, 0.717) is 5.92 Å². The molecule has 88 valence electrons. The SMILES string of the molecule is OCCCCCC1Cc2ccccc2C1O. The van der Waals surface area contributed by atoms with Crippen LogP contribution < -0.4 is 0 Å². The number of rotatable bonds is 5. The Balaban J connectivity index is 1.87. The third-order valence-electron chi connectivity index (χ3n) is 3.54. The van der Waals surface area contributed by atoms with E-state index in [0.717, 1.165) is 37.7 Å². The molecule has 0 radical (unpaired) electrons. The summed E-state index contributed by atoms with van der Waals surface area (Å²) in [5, 5.41) is 18.9. The highest BCUT2D eigenvalue weighted by Crippen LogP contribution is 2.38. The number of benzene rings is 1. The Morgan fingerprint density at radius 3 is 2.69 bits per heavy atom. The lowest BCUT2D eigenvalue weighted by Gasteiger charge is -2.14. The fourth-order valence-corrected chi connectivity index (χ4v) is 2.61. The fraction of sp³-hybridized carbons (Fsp3) is 0.571. The van der Waals surface area contributed by atoms with Gasteiger partial charge in [0.05, 0.1) is 6.10 Å². The maximum atomic E-state index is 10.1. The van der Waals surface area contributed by atoms with Crippen molar-refractivity contribution in [3.8, 4) is 0 Å². The maximum absolute atomic E-state index is 10.1. The van der Waals surface area contributed by atoms with Crippen molar-refractivity contribution in [3.63, 3.8) is 0 Å². The molecule has 1 aromatic rings. The molecule has 0 saturated carbocycles. The molecule has 1 aliphatic rings. The largest absolute Gasteiger partial charge is 0.396 e. The molecule has 0 saturated heterocycles. The molecule has 0 amide bonds. The minimum atomic E-state index is -0.273. The maximum Gasteiger partial charge on any atom is 0.0824 e. The first-order valence-electron chi connectivity index (χ1n) is 6.19. The summed E-state index contributed by atoms with van der Waals surface area (Å²) in [6, 6.07) is 8.19. The molecule has 0 heterocycles. The molecule has 2 heteroatoms. The van der Waals surface area contributed by atoms with Crippen molar-refractivity contribution in [3.05, 3.63) is 35.4 Å². The number of hydrogen-bond donors (Lipinski definition) is 2. The van der Waals surface area contributed by atoms with Crippen LogP contribution in [0.15, 0.2) is 24.3 Å². The molecule has 2 atom stereocenters. The van der Waals surface area contributed by atoms with Gasteiger partial charge >= 0.3 is 0 Å². The average Bonchev–Trinajstić information content (AvgIpc) is 2.63. The van der Waals surface area contributed by atoms with Crippen LogP contribution in [0.3, 0.4) is 0 Å². The Kier molecular flexibility index (Phi) is 3.97. The van der Waals surface area contributed by atoms with Gasteiger partial charge in [0.25, 0.3) is 0 Å². The van der Waals surface area contributed by atoms with Crippen molar-refractivity contribution in [1.82, 2.24) is 0 Å². The minimum Gasteiger partial charge on any atom is -0.396 e. The van der Waals surface area contributed by atoms with Crippen molar-refractivity contribution in [2.75, 3.05) is 6.61 Å². The highest BCUT2D eigenvalue weighted by Gasteiger charge is 2.29. The summed E-state index contributed by atoms with van der Waals surface area (Å²) in [5.41, 5.74) is 2.43. The number of fused-ring (bicyclic) bond motifs is 1. The Hall–Kier alpha value is -0.860. The summed E-state index contributed by atoms with van der Waals surface area (Å²) < 4.78 is 0. The highest BCUT2D eigenvalue weighted by molar-refractivity contribution is 5.34. The van der Waals surface area contributed by atoms with Gasteiger partial charge in [-0.15, -0.1) is 0 Å².